The number of hydrogen-bond acceptors (Lipinski definition) is 4. The van der Waals surface area contributed by atoms with E-state index in [-0.39, 0.29) is 32.5 Å². The first-order chi connectivity index (χ1) is 22.1. The maximum Gasteiger partial charge on any atom is 4.00 e. The van der Waals surface area contributed by atoms with Crippen LogP contribution in [0.3, 0.4) is 0 Å². The van der Waals surface area contributed by atoms with Crippen molar-refractivity contribution in [3.05, 3.63) is 134 Å². The Bertz CT molecular complexity index is 1270. The van der Waals surface area contributed by atoms with Crippen molar-refractivity contribution in [1.29, 1.82) is 0 Å². The van der Waals surface area contributed by atoms with Gasteiger partial charge in [0.2, 0.25) is 0 Å². The first-order valence-corrected chi connectivity index (χ1v) is 15.1. The van der Waals surface area contributed by atoms with E-state index in [1.807, 2.05) is 46.2 Å². The Labute approximate surface area is 292 Å². The number of rotatable bonds is 10. The number of anilines is 2. The molecule has 2 saturated heterocycles. The van der Waals surface area contributed by atoms with Gasteiger partial charge in [-0.2, -0.15) is 12.2 Å². The summed E-state index contributed by atoms with van der Waals surface area (Å²) in [5, 5.41) is 0. The van der Waals surface area contributed by atoms with Gasteiger partial charge in [0.25, 0.3) is 0 Å². The Hall–Kier alpha value is -3.17. The number of halogens is 4. The molecule has 0 amide bonds. The summed E-state index contributed by atoms with van der Waals surface area (Å²) in [6, 6.07) is 9.44. The van der Waals surface area contributed by atoms with Crippen molar-refractivity contribution >= 4 is 11.4 Å². The molecule has 0 spiro atoms. The predicted octanol–water partition coefficient (Wildman–Crippen LogP) is 8.20. The average molecular weight is 683 g/mol. The summed E-state index contributed by atoms with van der Waals surface area (Å²) in [5.74, 6) is -2.61. The van der Waals surface area contributed by atoms with Crippen LogP contribution in [0.4, 0.5) is 28.9 Å². The van der Waals surface area contributed by atoms with Gasteiger partial charge < -0.3 is 19.3 Å². The fraction of sp³-hybridized carbons (Fsp3) is 0.368. The van der Waals surface area contributed by atoms with Crippen LogP contribution in [-0.2, 0) is 31.2 Å². The molecule has 9 heteroatoms. The molecule has 0 N–H and O–H groups in total. The first-order valence-electron chi connectivity index (χ1n) is 15.1. The topological polar surface area (TPSA) is 24.9 Å². The zero-order valence-corrected chi connectivity index (χ0v) is 28.7. The van der Waals surface area contributed by atoms with Gasteiger partial charge in [-0.25, -0.2) is 41.9 Å². The van der Waals surface area contributed by atoms with Gasteiger partial charge in [-0.1, -0.05) is 26.0 Å². The van der Waals surface area contributed by atoms with Gasteiger partial charge >= 0.3 is 21.7 Å². The Morgan fingerprint density at radius 1 is 0.702 bits per heavy atom. The van der Waals surface area contributed by atoms with Crippen LogP contribution in [0.1, 0.15) is 26.7 Å². The Kier molecular flexibility index (Phi) is 17.2. The molecule has 0 radical (unpaired) electrons. The molecular weight excluding hydrogens is 640 g/mol. The van der Waals surface area contributed by atoms with Crippen LogP contribution in [0.2, 0.25) is 0 Å². The van der Waals surface area contributed by atoms with Gasteiger partial charge in [0.1, 0.15) is 0 Å². The SMILES string of the molecule is C=CCOCC1(C)CN(c2ccc(F)[c-]c2F)C1.C=CCOCC1(C)CN(c2ccc(F)[c-]c2F)C1.[C-]1=CC=CC1.[C-]1=CC=CC1.[Ti+4]. The summed E-state index contributed by atoms with van der Waals surface area (Å²) in [5.41, 5.74) is 0.836. The third kappa shape index (κ3) is 13.5. The normalized spacial score (nSPS) is 17.1. The summed E-state index contributed by atoms with van der Waals surface area (Å²) in [6.45, 7) is 16.4. The van der Waals surface area contributed by atoms with E-state index in [1.54, 1.807) is 12.2 Å². The van der Waals surface area contributed by atoms with E-state index in [2.05, 4.69) is 51.3 Å². The number of ether oxygens (including phenoxy) is 2. The van der Waals surface area contributed by atoms with E-state index in [0.29, 0.717) is 64.0 Å². The third-order valence-corrected chi connectivity index (χ3v) is 7.20. The van der Waals surface area contributed by atoms with Crippen molar-refractivity contribution in [3.8, 4) is 0 Å². The maximum absolute atomic E-state index is 13.5. The maximum atomic E-state index is 13.5. The first kappa shape index (κ1) is 40.0. The van der Waals surface area contributed by atoms with Gasteiger partial charge in [-0.15, -0.1) is 62.4 Å². The predicted molar refractivity (Wildman–Crippen MR) is 176 cm³/mol. The second kappa shape index (κ2) is 20.3. The molecule has 47 heavy (non-hydrogen) atoms. The van der Waals surface area contributed by atoms with Gasteiger partial charge in [0.15, 0.2) is 0 Å². The van der Waals surface area contributed by atoms with Crippen molar-refractivity contribution in [1.82, 2.24) is 0 Å². The minimum atomic E-state index is -0.672. The quantitative estimate of drug-likeness (QED) is 0.0830. The number of nitrogens with zero attached hydrogens (tertiary/aromatic N) is 2. The van der Waals surface area contributed by atoms with E-state index < -0.39 is 23.3 Å². The van der Waals surface area contributed by atoms with Crippen molar-refractivity contribution < 1.29 is 48.8 Å². The molecule has 4 nitrogen and oxygen atoms in total. The zero-order chi connectivity index (χ0) is 33.4. The van der Waals surface area contributed by atoms with Crippen molar-refractivity contribution in [2.24, 2.45) is 10.8 Å². The average Bonchev–Trinajstić information content (AvgIpc) is 3.76. The standard InChI is InChI=1S/2C14H16F2NO.2C5H5.Ti/c2*1-3-6-18-10-14(2)8-17(9-14)13-5-4-11(15)7-12(13)16;2*1-2-4-5-3-1;/h2*3-5H,1,6,8-10H2,2H3;2*1-3H,4H2;/q4*-1;+4. The Morgan fingerprint density at radius 3 is 1.34 bits per heavy atom. The number of hydrogen-bond donors (Lipinski definition) is 0. The molecule has 0 aromatic heterocycles. The molecule has 6 rings (SSSR count). The molecule has 2 aromatic rings. The van der Waals surface area contributed by atoms with E-state index in [1.165, 1.54) is 24.3 Å². The van der Waals surface area contributed by atoms with Gasteiger partial charge in [-0.05, 0) is 11.4 Å². The minimum Gasteiger partial charge on any atom is -0.420 e. The van der Waals surface area contributed by atoms with E-state index in [4.69, 9.17) is 9.47 Å². The summed E-state index contributed by atoms with van der Waals surface area (Å²) in [4.78, 5) is 3.73. The summed E-state index contributed by atoms with van der Waals surface area (Å²) in [7, 11) is 0. The number of benzene rings is 2. The molecule has 2 fully saturated rings. The van der Waals surface area contributed by atoms with Crippen molar-refractivity contribution in [2.45, 2.75) is 26.7 Å². The van der Waals surface area contributed by atoms with E-state index in [9.17, 15) is 17.6 Å². The fourth-order valence-corrected chi connectivity index (χ4v) is 5.09. The smallest absolute Gasteiger partial charge is 0.420 e. The molecule has 2 aromatic carbocycles. The van der Waals surface area contributed by atoms with Crippen molar-refractivity contribution in [2.75, 3.05) is 62.4 Å². The van der Waals surface area contributed by atoms with Crippen LogP contribution in [0, 0.1) is 58.4 Å². The number of allylic oxidation sites excluding steroid dienone is 8. The third-order valence-electron chi connectivity index (χ3n) is 7.20. The van der Waals surface area contributed by atoms with E-state index >= 15 is 0 Å². The molecule has 0 bridgehead atoms. The molecule has 4 aliphatic rings. The van der Waals surface area contributed by atoms with Gasteiger partial charge in [0.05, 0.1) is 26.4 Å². The Balaban J connectivity index is 0.000000248. The Morgan fingerprint density at radius 2 is 1.09 bits per heavy atom. The van der Waals surface area contributed by atoms with Crippen LogP contribution in [0.25, 0.3) is 0 Å². The molecule has 2 aliphatic carbocycles. The largest absolute Gasteiger partial charge is 4.00 e. The monoisotopic (exact) mass is 682 g/mol. The molecular formula is C38H42F4N2O2Ti. The van der Waals surface area contributed by atoms with Crippen LogP contribution >= 0.6 is 0 Å². The van der Waals surface area contributed by atoms with Crippen LogP contribution in [0.5, 0.6) is 0 Å². The summed E-state index contributed by atoms with van der Waals surface area (Å²) >= 11 is 0. The van der Waals surface area contributed by atoms with Crippen LogP contribution < -0.4 is 9.80 Å². The molecule has 2 heterocycles. The molecule has 248 valence electrons. The molecule has 0 unspecified atom stereocenters. The molecule has 0 saturated carbocycles. The van der Waals surface area contributed by atoms with Crippen LogP contribution in [0.15, 0.2) is 86.0 Å². The van der Waals surface area contributed by atoms with Gasteiger partial charge in [-0.3, -0.25) is 12.2 Å². The fourth-order valence-electron chi connectivity index (χ4n) is 5.09. The zero-order valence-electron chi connectivity index (χ0n) is 27.1. The molecule has 2 aliphatic heterocycles. The van der Waals surface area contributed by atoms with Gasteiger partial charge in [0, 0.05) is 60.3 Å². The van der Waals surface area contributed by atoms with E-state index in [0.717, 1.165) is 12.8 Å². The summed E-state index contributed by atoms with van der Waals surface area (Å²) < 4.78 is 63.3. The second-order valence-electron chi connectivity index (χ2n) is 12.0. The minimum absolute atomic E-state index is 0. The van der Waals surface area contributed by atoms with Crippen molar-refractivity contribution in [3.63, 3.8) is 0 Å². The second-order valence-corrected chi connectivity index (χ2v) is 12.0. The van der Waals surface area contributed by atoms with Crippen LogP contribution in [-0.4, -0.2) is 52.6 Å². The summed E-state index contributed by atoms with van der Waals surface area (Å²) in [6.07, 6.45) is 23.4. The molecule has 0 atom stereocenters.